The monoisotopic (exact) mass is 205 g/mol. The molecule has 4 heteroatoms. The summed E-state index contributed by atoms with van der Waals surface area (Å²) in [5.74, 6) is 0. The lowest BCUT2D eigenvalue weighted by Gasteiger charge is -2.26. The van der Waals surface area contributed by atoms with Crippen LogP contribution < -0.4 is 0 Å². The first-order valence-electron chi connectivity index (χ1n) is 4.93. The summed E-state index contributed by atoms with van der Waals surface area (Å²) < 4.78 is 30.5. The van der Waals surface area contributed by atoms with Crippen LogP contribution in [0, 0.1) is 0 Å². The average molecular weight is 205 g/mol. The maximum atomic E-state index is 12.6. The minimum atomic E-state index is -1.54. The van der Waals surface area contributed by atoms with Crippen LogP contribution in [0.2, 0.25) is 0 Å². The van der Waals surface area contributed by atoms with Gasteiger partial charge in [0.2, 0.25) is 0 Å². The van der Waals surface area contributed by atoms with Crippen molar-refractivity contribution in [1.82, 2.24) is 4.90 Å². The maximum Gasteiger partial charge on any atom is 0.271 e. The fourth-order valence-corrected chi connectivity index (χ4v) is 2.05. The fraction of sp³-hybridized carbons (Fsp3) is 0.800. The van der Waals surface area contributed by atoms with Gasteiger partial charge in [-0.05, 0) is 27.3 Å². The van der Waals surface area contributed by atoms with Crippen molar-refractivity contribution in [1.29, 1.82) is 0 Å². The molecule has 0 saturated carbocycles. The fourth-order valence-electron chi connectivity index (χ4n) is 2.05. The number of hydrogen-bond donors (Lipinski definition) is 0. The number of ether oxygens (including phenoxy) is 1. The Balaban J connectivity index is 2.77. The molecule has 82 valence electrons. The van der Waals surface area contributed by atoms with Crippen LogP contribution in [0.3, 0.4) is 0 Å². The van der Waals surface area contributed by atoms with Crippen molar-refractivity contribution in [2.24, 2.45) is 0 Å². The molecular weight excluding hydrogens is 188 g/mol. The standard InChI is InChI=1S/C10H17F2NO/c1-4-14-7(2)9-8(10(11)12)5-6-13(9)3/h7,9H,4-6H2,1-3H3. The van der Waals surface area contributed by atoms with Crippen molar-refractivity contribution < 1.29 is 13.5 Å². The van der Waals surface area contributed by atoms with Crippen LogP contribution in [0.15, 0.2) is 11.7 Å². The van der Waals surface area contributed by atoms with Gasteiger partial charge >= 0.3 is 0 Å². The van der Waals surface area contributed by atoms with Crippen LogP contribution in [-0.4, -0.2) is 37.2 Å². The molecule has 1 rings (SSSR count). The Morgan fingerprint density at radius 1 is 1.64 bits per heavy atom. The largest absolute Gasteiger partial charge is 0.377 e. The summed E-state index contributed by atoms with van der Waals surface area (Å²) in [7, 11) is 1.86. The average Bonchev–Trinajstić information content (AvgIpc) is 2.47. The van der Waals surface area contributed by atoms with Gasteiger partial charge in [0.1, 0.15) is 0 Å². The Hall–Kier alpha value is -0.480. The molecule has 1 heterocycles. The summed E-state index contributed by atoms with van der Waals surface area (Å²) in [6, 6.07) is -0.250. The van der Waals surface area contributed by atoms with Gasteiger partial charge in [0.25, 0.3) is 6.08 Å². The lowest BCUT2D eigenvalue weighted by molar-refractivity contribution is 0.0321. The number of halogens is 2. The molecule has 0 aromatic rings. The van der Waals surface area contributed by atoms with Gasteiger partial charge in [-0.1, -0.05) is 0 Å². The van der Waals surface area contributed by atoms with Crippen LogP contribution in [0.4, 0.5) is 8.78 Å². The summed E-state index contributed by atoms with van der Waals surface area (Å²) >= 11 is 0. The minimum Gasteiger partial charge on any atom is -0.377 e. The Kier molecular flexibility index (Phi) is 4.01. The molecular formula is C10H17F2NO. The molecule has 2 nitrogen and oxygen atoms in total. The first-order valence-corrected chi connectivity index (χ1v) is 4.93. The second-order valence-electron chi connectivity index (χ2n) is 3.62. The molecule has 0 bridgehead atoms. The quantitative estimate of drug-likeness (QED) is 0.700. The highest BCUT2D eigenvalue weighted by Gasteiger charge is 2.34. The van der Waals surface area contributed by atoms with Crippen molar-refractivity contribution in [3.8, 4) is 0 Å². The molecule has 0 aromatic heterocycles. The first kappa shape index (κ1) is 11.6. The first-order chi connectivity index (χ1) is 6.57. The molecule has 0 aliphatic carbocycles. The molecule has 1 fully saturated rings. The van der Waals surface area contributed by atoms with E-state index in [1.165, 1.54) is 0 Å². The predicted octanol–water partition coefficient (Wildman–Crippen LogP) is 2.27. The highest BCUT2D eigenvalue weighted by atomic mass is 19.3. The van der Waals surface area contributed by atoms with Gasteiger partial charge in [-0.15, -0.1) is 0 Å². The zero-order chi connectivity index (χ0) is 10.7. The zero-order valence-corrected chi connectivity index (χ0v) is 8.89. The number of hydrogen-bond acceptors (Lipinski definition) is 2. The molecule has 1 aliphatic rings. The smallest absolute Gasteiger partial charge is 0.271 e. The number of rotatable bonds is 3. The number of likely N-dealkylation sites (N-methyl/N-ethyl adjacent to an activating group) is 1. The normalized spacial score (nSPS) is 25.5. The molecule has 0 spiro atoms. The van der Waals surface area contributed by atoms with Crippen LogP contribution in [0.25, 0.3) is 0 Å². The lowest BCUT2D eigenvalue weighted by Crippen LogP contribution is -2.37. The summed E-state index contributed by atoms with van der Waals surface area (Å²) in [6.45, 7) is 4.97. The van der Waals surface area contributed by atoms with Crippen LogP contribution >= 0.6 is 0 Å². The molecule has 0 N–H and O–H groups in total. The van der Waals surface area contributed by atoms with Crippen LogP contribution in [0.5, 0.6) is 0 Å². The Labute approximate surface area is 83.5 Å². The van der Waals surface area contributed by atoms with Gasteiger partial charge in [0, 0.05) is 18.7 Å². The van der Waals surface area contributed by atoms with Crippen molar-refractivity contribution in [2.75, 3.05) is 20.2 Å². The molecule has 14 heavy (non-hydrogen) atoms. The van der Waals surface area contributed by atoms with Gasteiger partial charge in [0.15, 0.2) is 0 Å². The van der Waals surface area contributed by atoms with Gasteiger partial charge < -0.3 is 4.74 Å². The van der Waals surface area contributed by atoms with E-state index in [0.717, 1.165) is 0 Å². The molecule has 1 saturated heterocycles. The van der Waals surface area contributed by atoms with E-state index in [1.807, 2.05) is 25.8 Å². The van der Waals surface area contributed by atoms with Crippen LogP contribution in [-0.2, 0) is 4.74 Å². The summed E-state index contributed by atoms with van der Waals surface area (Å²) in [4.78, 5) is 1.93. The zero-order valence-electron chi connectivity index (χ0n) is 8.89. The Bertz CT molecular complexity index is 226. The van der Waals surface area contributed by atoms with E-state index < -0.39 is 6.08 Å². The molecule has 2 atom stereocenters. The third-order valence-electron chi connectivity index (χ3n) is 2.68. The molecule has 0 aromatic carbocycles. The van der Waals surface area contributed by atoms with E-state index >= 15 is 0 Å². The third kappa shape index (κ3) is 2.30. The molecule has 0 amide bonds. The van der Waals surface area contributed by atoms with E-state index in [9.17, 15) is 8.78 Å². The van der Waals surface area contributed by atoms with Crippen molar-refractivity contribution in [3.05, 3.63) is 11.7 Å². The molecule has 2 unspecified atom stereocenters. The second kappa shape index (κ2) is 4.84. The summed E-state index contributed by atoms with van der Waals surface area (Å²) in [6.07, 6.45) is -1.24. The van der Waals surface area contributed by atoms with Gasteiger partial charge in [0.05, 0.1) is 12.1 Å². The van der Waals surface area contributed by atoms with E-state index in [2.05, 4.69) is 0 Å². The van der Waals surface area contributed by atoms with Crippen molar-refractivity contribution in [2.45, 2.75) is 32.4 Å². The van der Waals surface area contributed by atoms with Crippen molar-refractivity contribution >= 4 is 0 Å². The van der Waals surface area contributed by atoms with E-state index in [4.69, 9.17) is 4.74 Å². The lowest BCUT2D eigenvalue weighted by atomic mass is 10.0. The topological polar surface area (TPSA) is 12.5 Å². The Morgan fingerprint density at radius 3 is 2.79 bits per heavy atom. The summed E-state index contributed by atoms with van der Waals surface area (Å²) in [5, 5.41) is 0. The van der Waals surface area contributed by atoms with Gasteiger partial charge in [-0.3, -0.25) is 4.90 Å². The highest BCUT2D eigenvalue weighted by molar-refractivity contribution is 5.18. The Morgan fingerprint density at radius 2 is 2.29 bits per heavy atom. The molecule has 0 radical (unpaired) electrons. The van der Waals surface area contributed by atoms with Gasteiger partial charge in [-0.25, -0.2) is 0 Å². The second-order valence-corrected chi connectivity index (χ2v) is 3.62. The van der Waals surface area contributed by atoms with E-state index in [-0.39, 0.29) is 17.7 Å². The minimum absolute atomic E-state index is 0.163. The van der Waals surface area contributed by atoms with Crippen molar-refractivity contribution in [3.63, 3.8) is 0 Å². The SMILES string of the molecule is CCOC(C)C1C(=C(F)F)CCN1C. The maximum absolute atomic E-state index is 12.6. The summed E-state index contributed by atoms with van der Waals surface area (Å²) in [5.41, 5.74) is 0.244. The van der Waals surface area contributed by atoms with Crippen LogP contribution in [0.1, 0.15) is 20.3 Å². The van der Waals surface area contributed by atoms with E-state index in [0.29, 0.717) is 19.6 Å². The van der Waals surface area contributed by atoms with Gasteiger partial charge in [-0.2, -0.15) is 8.78 Å². The highest BCUT2D eigenvalue weighted by Crippen LogP contribution is 2.29. The number of nitrogens with zero attached hydrogens (tertiary/aromatic N) is 1. The third-order valence-corrected chi connectivity index (χ3v) is 2.68. The number of likely N-dealkylation sites (tertiary alicyclic amines) is 1. The predicted molar refractivity (Wildman–Crippen MR) is 51.4 cm³/mol. The molecule has 1 aliphatic heterocycles. The van der Waals surface area contributed by atoms with E-state index in [1.54, 1.807) is 0 Å².